The molecular weight excluding hydrogens is 287 g/mol. The van der Waals surface area contributed by atoms with Crippen LogP contribution in [0.3, 0.4) is 0 Å². The Hall–Kier alpha value is -1.04. The molecule has 3 N–H and O–H groups in total. The number of hydrogen-bond acceptors (Lipinski definition) is 4. The third-order valence-corrected chi connectivity index (χ3v) is 2.57. The quantitative estimate of drug-likeness (QED) is 0.832. The van der Waals surface area contributed by atoms with Crippen LogP contribution in [0.15, 0.2) is 18.3 Å². The number of amides is 1. The van der Waals surface area contributed by atoms with Crippen molar-refractivity contribution in [3.05, 3.63) is 23.9 Å². The smallest absolute Gasteiger partial charge is 0.234 e. The molecule has 0 fully saturated rings. The first kappa shape index (κ1) is 20.3. The Morgan fingerprint density at radius 2 is 1.95 bits per heavy atom. The van der Waals surface area contributed by atoms with E-state index in [0.717, 1.165) is 24.5 Å². The van der Waals surface area contributed by atoms with Crippen molar-refractivity contribution in [2.45, 2.75) is 20.4 Å². The van der Waals surface area contributed by atoms with Crippen LogP contribution in [0, 0.1) is 0 Å². The molecule has 0 aliphatic rings. The standard InChI is InChI=1S/C12H20N4O.2ClH/c1-3-16(4-2)11-6-5-10(8-14-11)9-15-12(17)7-13;;/h5-6,8H,3-4,7,9,13H2,1-2H3,(H,15,17);2*1H. The fraction of sp³-hybridized carbons (Fsp3) is 0.500. The largest absolute Gasteiger partial charge is 0.357 e. The number of pyridine rings is 1. The average molecular weight is 309 g/mol. The number of rotatable bonds is 6. The Kier molecular flexibility index (Phi) is 11.6. The lowest BCUT2D eigenvalue weighted by molar-refractivity contribution is -0.119. The molecule has 1 rings (SSSR count). The van der Waals surface area contributed by atoms with Crippen LogP contribution in [0.4, 0.5) is 5.82 Å². The number of anilines is 1. The van der Waals surface area contributed by atoms with Gasteiger partial charge < -0.3 is 16.0 Å². The van der Waals surface area contributed by atoms with Gasteiger partial charge in [-0.1, -0.05) is 6.07 Å². The molecule has 0 aliphatic heterocycles. The van der Waals surface area contributed by atoms with E-state index < -0.39 is 0 Å². The molecule has 1 aromatic rings. The molecule has 0 saturated carbocycles. The summed E-state index contributed by atoms with van der Waals surface area (Å²) < 4.78 is 0. The van der Waals surface area contributed by atoms with Crippen molar-refractivity contribution >= 4 is 36.5 Å². The molecule has 0 aliphatic carbocycles. The number of nitrogens with zero attached hydrogens (tertiary/aromatic N) is 2. The lowest BCUT2D eigenvalue weighted by atomic mass is 10.2. The van der Waals surface area contributed by atoms with E-state index in [-0.39, 0.29) is 37.3 Å². The maximum absolute atomic E-state index is 11.0. The van der Waals surface area contributed by atoms with Crippen LogP contribution in [-0.4, -0.2) is 30.5 Å². The molecular formula is C12H22Cl2N4O. The highest BCUT2D eigenvalue weighted by Gasteiger charge is 2.03. The number of aromatic nitrogens is 1. The first-order valence-corrected chi connectivity index (χ1v) is 5.87. The van der Waals surface area contributed by atoms with Crippen LogP contribution in [-0.2, 0) is 11.3 Å². The summed E-state index contributed by atoms with van der Waals surface area (Å²) in [5, 5.41) is 2.71. The minimum absolute atomic E-state index is 0. The molecule has 0 atom stereocenters. The molecule has 19 heavy (non-hydrogen) atoms. The number of halogens is 2. The summed E-state index contributed by atoms with van der Waals surface area (Å²) >= 11 is 0. The van der Waals surface area contributed by atoms with Crippen molar-refractivity contribution in [2.75, 3.05) is 24.5 Å². The SMILES string of the molecule is CCN(CC)c1ccc(CNC(=O)CN)cn1.Cl.Cl. The van der Waals surface area contributed by atoms with Crippen LogP contribution < -0.4 is 16.0 Å². The Morgan fingerprint density at radius 1 is 1.32 bits per heavy atom. The maximum atomic E-state index is 11.0. The minimum Gasteiger partial charge on any atom is -0.357 e. The molecule has 0 radical (unpaired) electrons. The van der Waals surface area contributed by atoms with E-state index in [0.29, 0.717) is 6.54 Å². The zero-order valence-electron chi connectivity index (χ0n) is 11.3. The van der Waals surface area contributed by atoms with Crippen LogP contribution in [0.1, 0.15) is 19.4 Å². The van der Waals surface area contributed by atoms with Crippen LogP contribution >= 0.6 is 24.8 Å². The average Bonchev–Trinajstić information content (AvgIpc) is 2.38. The number of nitrogens with one attached hydrogen (secondary N) is 1. The van der Waals surface area contributed by atoms with Gasteiger partial charge in [0, 0.05) is 25.8 Å². The van der Waals surface area contributed by atoms with Crippen molar-refractivity contribution in [1.82, 2.24) is 10.3 Å². The first-order valence-electron chi connectivity index (χ1n) is 5.87. The van der Waals surface area contributed by atoms with Crippen LogP contribution in [0.25, 0.3) is 0 Å². The molecule has 0 aromatic carbocycles. The van der Waals surface area contributed by atoms with E-state index in [1.165, 1.54) is 0 Å². The summed E-state index contributed by atoms with van der Waals surface area (Å²) in [6, 6.07) is 3.94. The normalized spacial score (nSPS) is 9.00. The highest BCUT2D eigenvalue weighted by molar-refractivity contribution is 5.85. The van der Waals surface area contributed by atoms with Gasteiger partial charge in [-0.15, -0.1) is 24.8 Å². The zero-order chi connectivity index (χ0) is 12.7. The summed E-state index contributed by atoms with van der Waals surface area (Å²) in [6.45, 7) is 6.56. The van der Waals surface area contributed by atoms with Crippen molar-refractivity contribution in [2.24, 2.45) is 5.73 Å². The Labute approximate surface area is 126 Å². The van der Waals surface area contributed by atoms with E-state index in [1.54, 1.807) is 6.20 Å². The van der Waals surface area contributed by atoms with Crippen molar-refractivity contribution in [3.8, 4) is 0 Å². The zero-order valence-corrected chi connectivity index (χ0v) is 12.9. The Morgan fingerprint density at radius 3 is 2.37 bits per heavy atom. The molecule has 5 nitrogen and oxygen atoms in total. The lowest BCUT2D eigenvalue weighted by Gasteiger charge is -2.19. The van der Waals surface area contributed by atoms with Crippen LogP contribution in [0.2, 0.25) is 0 Å². The fourth-order valence-corrected chi connectivity index (χ4v) is 1.53. The second kappa shape index (κ2) is 10.8. The summed E-state index contributed by atoms with van der Waals surface area (Å²) in [5.41, 5.74) is 6.18. The Balaban J connectivity index is 0. The van der Waals surface area contributed by atoms with E-state index in [1.807, 2.05) is 12.1 Å². The Bertz CT molecular complexity index is 355. The van der Waals surface area contributed by atoms with Crippen molar-refractivity contribution in [1.29, 1.82) is 0 Å². The predicted molar refractivity (Wildman–Crippen MR) is 83.2 cm³/mol. The summed E-state index contributed by atoms with van der Waals surface area (Å²) in [6.07, 6.45) is 1.78. The van der Waals surface area contributed by atoms with E-state index in [9.17, 15) is 4.79 Å². The van der Waals surface area contributed by atoms with E-state index in [4.69, 9.17) is 5.73 Å². The fourth-order valence-electron chi connectivity index (χ4n) is 1.53. The van der Waals surface area contributed by atoms with Gasteiger partial charge in [-0.3, -0.25) is 4.79 Å². The van der Waals surface area contributed by atoms with Crippen LogP contribution in [0.5, 0.6) is 0 Å². The molecule has 7 heteroatoms. The van der Waals surface area contributed by atoms with E-state index >= 15 is 0 Å². The molecule has 0 spiro atoms. The van der Waals surface area contributed by atoms with Gasteiger partial charge in [-0.05, 0) is 25.5 Å². The molecule has 1 aromatic heterocycles. The van der Waals surface area contributed by atoms with Crippen molar-refractivity contribution < 1.29 is 4.79 Å². The second-order valence-corrected chi connectivity index (χ2v) is 3.68. The molecule has 110 valence electrons. The van der Waals surface area contributed by atoms with Gasteiger partial charge in [0.1, 0.15) is 5.82 Å². The number of carbonyl (C=O) groups excluding carboxylic acids is 1. The third kappa shape index (κ3) is 6.61. The third-order valence-electron chi connectivity index (χ3n) is 2.57. The van der Waals surface area contributed by atoms with Gasteiger partial charge in [0.15, 0.2) is 0 Å². The molecule has 1 heterocycles. The van der Waals surface area contributed by atoms with E-state index in [2.05, 4.69) is 29.0 Å². The summed E-state index contributed by atoms with van der Waals surface area (Å²) in [5.74, 6) is 0.807. The maximum Gasteiger partial charge on any atom is 0.234 e. The number of carbonyl (C=O) groups is 1. The molecule has 0 bridgehead atoms. The van der Waals surface area contributed by atoms with Gasteiger partial charge in [0.25, 0.3) is 0 Å². The van der Waals surface area contributed by atoms with Crippen molar-refractivity contribution in [3.63, 3.8) is 0 Å². The summed E-state index contributed by atoms with van der Waals surface area (Å²) in [7, 11) is 0. The number of hydrogen-bond donors (Lipinski definition) is 2. The monoisotopic (exact) mass is 308 g/mol. The molecule has 0 saturated heterocycles. The summed E-state index contributed by atoms with van der Waals surface area (Å²) in [4.78, 5) is 17.5. The van der Waals surface area contributed by atoms with Gasteiger partial charge >= 0.3 is 0 Å². The number of nitrogens with two attached hydrogens (primary N) is 1. The molecule has 0 unspecified atom stereocenters. The predicted octanol–water partition coefficient (Wildman–Crippen LogP) is 1.35. The lowest BCUT2D eigenvalue weighted by Crippen LogP contribution is -2.29. The highest BCUT2D eigenvalue weighted by Crippen LogP contribution is 2.10. The first-order chi connectivity index (χ1) is 8.21. The minimum atomic E-state index is -0.155. The van der Waals surface area contributed by atoms with Gasteiger partial charge in [-0.2, -0.15) is 0 Å². The van der Waals surface area contributed by atoms with Gasteiger partial charge in [0.05, 0.1) is 6.54 Å². The highest BCUT2D eigenvalue weighted by atomic mass is 35.5. The second-order valence-electron chi connectivity index (χ2n) is 3.68. The van der Waals surface area contributed by atoms with Gasteiger partial charge in [0.2, 0.25) is 5.91 Å². The van der Waals surface area contributed by atoms with Gasteiger partial charge in [-0.25, -0.2) is 4.98 Å². The topological polar surface area (TPSA) is 71.2 Å². The molecule has 1 amide bonds.